The molecule has 0 aromatic carbocycles. The molecule has 2 aromatic rings. The van der Waals surface area contributed by atoms with Gasteiger partial charge in [-0.1, -0.05) is 6.92 Å². The minimum Gasteiger partial charge on any atom is -0.369 e. The average Bonchev–Trinajstić information content (AvgIpc) is 3.34. The molecule has 2 heterocycles. The van der Waals surface area contributed by atoms with Gasteiger partial charge in [0.2, 0.25) is 0 Å². The Morgan fingerprint density at radius 2 is 2.10 bits per heavy atom. The average molecular weight is 347 g/mol. The fourth-order valence-corrected chi connectivity index (χ4v) is 3.07. The molecule has 0 aliphatic heterocycles. The van der Waals surface area contributed by atoms with E-state index in [0.29, 0.717) is 5.92 Å². The number of nitrogens with zero attached hydrogens (tertiary/aromatic N) is 3. The predicted molar refractivity (Wildman–Crippen MR) is 88.5 cm³/mol. The first-order valence-corrected chi connectivity index (χ1v) is 8.28. The lowest BCUT2D eigenvalue weighted by Gasteiger charge is -2.13. The van der Waals surface area contributed by atoms with Gasteiger partial charge in [0.05, 0.1) is 10.2 Å². The summed E-state index contributed by atoms with van der Waals surface area (Å²) in [5, 5.41) is 3.33. The molecule has 0 unspecified atom stereocenters. The van der Waals surface area contributed by atoms with E-state index >= 15 is 0 Å². The van der Waals surface area contributed by atoms with E-state index in [4.69, 9.17) is 9.97 Å². The van der Waals surface area contributed by atoms with Crippen molar-refractivity contribution in [1.82, 2.24) is 15.0 Å². The van der Waals surface area contributed by atoms with Crippen LogP contribution >= 0.6 is 15.9 Å². The van der Waals surface area contributed by atoms with Gasteiger partial charge in [0.25, 0.3) is 0 Å². The van der Waals surface area contributed by atoms with Gasteiger partial charge >= 0.3 is 0 Å². The number of nitrogens with one attached hydrogen (secondary N) is 1. The summed E-state index contributed by atoms with van der Waals surface area (Å²) >= 11 is 3.67. The lowest BCUT2D eigenvalue weighted by atomic mass is 10.1. The second-order valence-corrected chi connectivity index (χ2v) is 6.08. The molecule has 0 bridgehead atoms. The number of aryl methyl sites for hydroxylation is 1. The van der Waals surface area contributed by atoms with Crippen LogP contribution in [0, 0.1) is 0 Å². The van der Waals surface area contributed by atoms with Crippen molar-refractivity contribution >= 4 is 21.7 Å². The SMILES string of the molecule is CCNc1nc(-c2ccncc2CC)nc(C2CC2)c1Br. The van der Waals surface area contributed by atoms with Crippen molar-refractivity contribution in [3.8, 4) is 11.4 Å². The van der Waals surface area contributed by atoms with Gasteiger partial charge in [-0.15, -0.1) is 0 Å². The molecule has 0 radical (unpaired) electrons. The molecule has 0 spiro atoms. The van der Waals surface area contributed by atoms with Gasteiger partial charge in [0.15, 0.2) is 5.82 Å². The zero-order chi connectivity index (χ0) is 14.8. The van der Waals surface area contributed by atoms with Crippen LogP contribution in [-0.2, 0) is 6.42 Å². The van der Waals surface area contributed by atoms with Crippen molar-refractivity contribution in [2.75, 3.05) is 11.9 Å². The second kappa shape index (κ2) is 6.10. The molecule has 3 rings (SSSR count). The first kappa shape index (κ1) is 14.4. The summed E-state index contributed by atoms with van der Waals surface area (Å²) in [6.07, 6.45) is 7.08. The first-order valence-electron chi connectivity index (χ1n) is 7.49. The number of aromatic nitrogens is 3. The normalized spacial score (nSPS) is 14.2. The van der Waals surface area contributed by atoms with Crippen molar-refractivity contribution in [3.63, 3.8) is 0 Å². The standard InChI is InChI=1S/C16H19BrN4/c1-3-10-9-18-8-7-12(10)15-20-14(11-5-6-11)13(17)16(21-15)19-4-2/h7-9,11H,3-6H2,1-2H3,(H,19,20,21). The molecule has 0 saturated heterocycles. The highest BCUT2D eigenvalue weighted by molar-refractivity contribution is 9.10. The highest BCUT2D eigenvalue weighted by Crippen LogP contribution is 2.44. The monoisotopic (exact) mass is 346 g/mol. The van der Waals surface area contributed by atoms with E-state index < -0.39 is 0 Å². The number of pyridine rings is 1. The van der Waals surface area contributed by atoms with Crippen LogP contribution in [-0.4, -0.2) is 21.5 Å². The molecule has 2 aromatic heterocycles. The number of anilines is 1. The fourth-order valence-electron chi connectivity index (χ4n) is 2.42. The molecular weight excluding hydrogens is 328 g/mol. The van der Waals surface area contributed by atoms with Crippen LogP contribution in [0.15, 0.2) is 22.9 Å². The number of hydrogen-bond acceptors (Lipinski definition) is 4. The number of hydrogen-bond donors (Lipinski definition) is 1. The number of halogens is 1. The van der Waals surface area contributed by atoms with E-state index in [1.54, 1.807) is 0 Å². The molecular formula is C16H19BrN4. The first-order chi connectivity index (χ1) is 10.2. The lowest BCUT2D eigenvalue weighted by Crippen LogP contribution is -2.06. The predicted octanol–water partition coefficient (Wildman–Crippen LogP) is 4.17. The van der Waals surface area contributed by atoms with Gasteiger partial charge in [-0.3, -0.25) is 4.98 Å². The Hall–Kier alpha value is -1.49. The maximum absolute atomic E-state index is 4.83. The molecule has 1 aliphatic rings. The van der Waals surface area contributed by atoms with Gasteiger partial charge < -0.3 is 5.32 Å². The smallest absolute Gasteiger partial charge is 0.162 e. The molecule has 5 heteroatoms. The molecule has 1 fully saturated rings. The van der Waals surface area contributed by atoms with Crippen molar-refractivity contribution in [2.45, 2.75) is 39.0 Å². The van der Waals surface area contributed by atoms with E-state index in [1.807, 2.05) is 18.5 Å². The maximum atomic E-state index is 4.83. The van der Waals surface area contributed by atoms with E-state index in [2.05, 4.69) is 40.1 Å². The van der Waals surface area contributed by atoms with E-state index in [0.717, 1.165) is 40.3 Å². The summed E-state index contributed by atoms with van der Waals surface area (Å²) in [6.45, 7) is 5.05. The van der Waals surface area contributed by atoms with Gasteiger partial charge in [-0.2, -0.15) is 0 Å². The van der Waals surface area contributed by atoms with Gasteiger partial charge in [0, 0.05) is 30.4 Å². The van der Waals surface area contributed by atoms with E-state index in [1.165, 1.54) is 18.4 Å². The van der Waals surface area contributed by atoms with E-state index in [-0.39, 0.29) is 0 Å². The second-order valence-electron chi connectivity index (χ2n) is 5.29. The summed E-state index contributed by atoms with van der Waals surface area (Å²) in [4.78, 5) is 13.8. The Balaban J connectivity index is 2.13. The molecule has 1 saturated carbocycles. The molecule has 1 N–H and O–H groups in total. The highest BCUT2D eigenvalue weighted by Gasteiger charge is 2.29. The molecule has 0 amide bonds. The summed E-state index contributed by atoms with van der Waals surface area (Å²) < 4.78 is 1.02. The maximum Gasteiger partial charge on any atom is 0.162 e. The lowest BCUT2D eigenvalue weighted by molar-refractivity contribution is 0.968. The summed E-state index contributed by atoms with van der Waals surface area (Å²) in [5.74, 6) is 2.27. The van der Waals surface area contributed by atoms with Crippen LogP contribution < -0.4 is 5.32 Å². The third kappa shape index (κ3) is 2.93. The van der Waals surface area contributed by atoms with E-state index in [9.17, 15) is 0 Å². The Morgan fingerprint density at radius 3 is 2.76 bits per heavy atom. The molecule has 110 valence electrons. The largest absolute Gasteiger partial charge is 0.369 e. The molecule has 4 nitrogen and oxygen atoms in total. The Labute approximate surface area is 133 Å². The van der Waals surface area contributed by atoms with Gasteiger partial charge in [-0.25, -0.2) is 9.97 Å². The van der Waals surface area contributed by atoms with Crippen LogP contribution in [0.3, 0.4) is 0 Å². The minimum atomic E-state index is 0.574. The molecule has 21 heavy (non-hydrogen) atoms. The van der Waals surface area contributed by atoms with Crippen LogP contribution in [0.25, 0.3) is 11.4 Å². The summed E-state index contributed by atoms with van der Waals surface area (Å²) in [7, 11) is 0. The Bertz CT molecular complexity index is 653. The minimum absolute atomic E-state index is 0.574. The summed E-state index contributed by atoms with van der Waals surface area (Å²) in [6, 6.07) is 2.01. The Kier molecular flexibility index (Phi) is 4.19. The van der Waals surface area contributed by atoms with Crippen molar-refractivity contribution < 1.29 is 0 Å². The van der Waals surface area contributed by atoms with Crippen LogP contribution in [0.1, 0.15) is 43.9 Å². The zero-order valence-corrected chi connectivity index (χ0v) is 13.9. The number of rotatable bonds is 5. The molecule has 1 aliphatic carbocycles. The van der Waals surface area contributed by atoms with Crippen molar-refractivity contribution in [1.29, 1.82) is 0 Å². The van der Waals surface area contributed by atoms with Crippen LogP contribution in [0.5, 0.6) is 0 Å². The zero-order valence-electron chi connectivity index (χ0n) is 12.4. The summed E-state index contributed by atoms with van der Waals surface area (Å²) in [5.41, 5.74) is 3.40. The topological polar surface area (TPSA) is 50.7 Å². The Morgan fingerprint density at radius 1 is 1.29 bits per heavy atom. The fraction of sp³-hybridized carbons (Fsp3) is 0.438. The van der Waals surface area contributed by atoms with Crippen LogP contribution in [0.2, 0.25) is 0 Å². The van der Waals surface area contributed by atoms with Crippen molar-refractivity contribution in [3.05, 3.63) is 34.2 Å². The van der Waals surface area contributed by atoms with Gasteiger partial charge in [-0.05, 0) is 53.7 Å². The molecule has 0 atom stereocenters. The quantitative estimate of drug-likeness (QED) is 0.882. The van der Waals surface area contributed by atoms with Gasteiger partial charge in [0.1, 0.15) is 5.82 Å². The third-order valence-electron chi connectivity index (χ3n) is 3.71. The third-order valence-corrected chi connectivity index (χ3v) is 4.49. The highest BCUT2D eigenvalue weighted by atomic mass is 79.9. The van der Waals surface area contributed by atoms with Crippen LogP contribution in [0.4, 0.5) is 5.82 Å². The van der Waals surface area contributed by atoms with Crippen molar-refractivity contribution in [2.24, 2.45) is 0 Å².